The van der Waals surface area contributed by atoms with Crippen LogP contribution in [-0.2, 0) is 11.3 Å². The van der Waals surface area contributed by atoms with E-state index in [0.717, 1.165) is 10.0 Å². The molecule has 1 aliphatic rings. The zero-order valence-electron chi connectivity index (χ0n) is 8.76. The van der Waals surface area contributed by atoms with Gasteiger partial charge in [0.1, 0.15) is 0 Å². The Hall–Kier alpha value is -1.40. The van der Waals surface area contributed by atoms with E-state index < -0.39 is 18.6 Å². The average molecular weight is 300 g/mol. The van der Waals surface area contributed by atoms with Crippen molar-refractivity contribution in [3.63, 3.8) is 0 Å². The van der Waals surface area contributed by atoms with E-state index in [1.807, 2.05) is 0 Å². The minimum atomic E-state index is -1.20. The number of carboxylic acids is 1. The van der Waals surface area contributed by atoms with E-state index in [1.165, 1.54) is 4.90 Å². The Morgan fingerprint density at radius 1 is 1.53 bits per heavy atom. The summed E-state index contributed by atoms with van der Waals surface area (Å²) in [5.41, 5.74) is 1.26. The summed E-state index contributed by atoms with van der Waals surface area (Å²) in [5, 5.41) is 17.9. The van der Waals surface area contributed by atoms with Crippen molar-refractivity contribution in [2.75, 3.05) is 6.61 Å². The Morgan fingerprint density at radius 3 is 2.82 bits per heavy atom. The number of aliphatic hydroxyl groups excluding tert-OH is 1. The minimum absolute atomic E-state index is 0.221. The molecule has 90 valence electrons. The van der Waals surface area contributed by atoms with E-state index in [2.05, 4.69) is 15.9 Å². The van der Waals surface area contributed by atoms with Crippen molar-refractivity contribution >= 4 is 27.8 Å². The summed E-state index contributed by atoms with van der Waals surface area (Å²) in [5.74, 6) is -1.56. The van der Waals surface area contributed by atoms with Gasteiger partial charge in [0.25, 0.3) is 5.91 Å². The van der Waals surface area contributed by atoms with Crippen LogP contribution >= 0.6 is 15.9 Å². The van der Waals surface area contributed by atoms with Gasteiger partial charge in [-0.1, -0.05) is 22.0 Å². The molecule has 1 atom stereocenters. The number of hydrogen-bond acceptors (Lipinski definition) is 3. The molecule has 0 saturated heterocycles. The number of carbonyl (C=O) groups is 2. The van der Waals surface area contributed by atoms with Crippen LogP contribution in [0.5, 0.6) is 0 Å². The lowest BCUT2D eigenvalue weighted by Gasteiger charge is -2.21. The first-order valence-corrected chi connectivity index (χ1v) is 5.77. The first-order chi connectivity index (χ1) is 8.04. The predicted octanol–water partition coefficient (Wildman–Crippen LogP) is 0.850. The number of fused-ring (bicyclic) bond motifs is 1. The highest BCUT2D eigenvalue weighted by Gasteiger charge is 2.35. The molecule has 0 saturated carbocycles. The maximum Gasteiger partial charge on any atom is 0.328 e. The Morgan fingerprint density at radius 2 is 2.24 bits per heavy atom. The lowest BCUT2D eigenvalue weighted by Crippen LogP contribution is -2.43. The van der Waals surface area contributed by atoms with Crippen molar-refractivity contribution < 1.29 is 19.8 Å². The van der Waals surface area contributed by atoms with Crippen molar-refractivity contribution in [2.45, 2.75) is 12.6 Å². The second-order valence-corrected chi connectivity index (χ2v) is 4.69. The fourth-order valence-electron chi connectivity index (χ4n) is 1.86. The molecule has 2 rings (SSSR count). The Kier molecular flexibility index (Phi) is 3.17. The molecule has 1 aromatic rings. The van der Waals surface area contributed by atoms with Gasteiger partial charge in [-0.2, -0.15) is 0 Å². The van der Waals surface area contributed by atoms with Gasteiger partial charge in [-0.05, 0) is 17.7 Å². The molecule has 0 spiro atoms. The van der Waals surface area contributed by atoms with Crippen LogP contribution < -0.4 is 0 Å². The lowest BCUT2D eigenvalue weighted by molar-refractivity contribution is -0.143. The van der Waals surface area contributed by atoms with Gasteiger partial charge in [-0.25, -0.2) is 4.79 Å². The maximum absolute atomic E-state index is 12.0. The number of nitrogens with zero attached hydrogens (tertiary/aromatic N) is 1. The van der Waals surface area contributed by atoms with Crippen LogP contribution in [0.4, 0.5) is 0 Å². The number of benzene rings is 1. The van der Waals surface area contributed by atoms with Gasteiger partial charge in [0.2, 0.25) is 0 Å². The van der Waals surface area contributed by atoms with Crippen LogP contribution in [0, 0.1) is 0 Å². The highest BCUT2D eigenvalue weighted by Crippen LogP contribution is 2.27. The Balaban J connectivity index is 2.34. The third-order valence-electron chi connectivity index (χ3n) is 2.74. The quantitative estimate of drug-likeness (QED) is 0.867. The molecule has 2 N–H and O–H groups in total. The molecule has 0 aromatic heterocycles. The molecule has 1 heterocycles. The van der Waals surface area contributed by atoms with Crippen LogP contribution in [0.15, 0.2) is 22.7 Å². The van der Waals surface area contributed by atoms with Crippen molar-refractivity contribution in [1.29, 1.82) is 0 Å². The van der Waals surface area contributed by atoms with E-state index in [9.17, 15) is 9.59 Å². The third-order valence-corrected chi connectivity index (χ3v) is 3.23. The lowest BCUT2D eigenvalue weighted by atomic mass is 10.1. The molecule has 1 aromatic carbocycles. The number of carbonyl (C=O) groups excluding carboxylic acids is 1. The zero-order chi connectivity index (χ0) is 12.6. The summed E-state index contributed by atoms with van der Waals surface area (Å²) in [6.07, 6.45) is 0. The summed E-state index contributed by atoms with van der Waals surface area (Å²) in [6, 6.07) is 4.04. The molecule has 1 aliphatic heterocycles. The fraction of sp³-hybridized carbons (Fsp3) is 0.273. The van der Waals surface area contributed by atoms with Gasteiger partial charge in [0, 0.05) is 16.6 Å². The number of carboxylic acid groups (broad SMARTS) is 1. The molecule has 1 amide bonds. The minimum Gasteiger partial charge on any atom is -0.480 e. The molecule has 1 unspecified atom stereocenters. The van der Waals surface area contributed by atoms with Gasteiger partial charge < -0.3 is 15.1 Å². The first-order valence-electron chi connectivity index (χ1n) is 4.97. The highest BCUT2D eigenvalue weighted by atomic mass is 79.9. The second-order valence-electron chi connectivity index (χ2n) is 3.77. The SMILES string of the molecule is O=C(O)C(CO)N1Cc2ccc(Br)cc2C1=O. The van der Waals surface area contributed by atoms with Crippen LogP contribution in [0.25, 0.3) is 0 Å². The van der Waals surface area contributed by atoms with Gasteiger partial charge in [-0.3, -0.25) is 4.79 Å². The number of halogens is 1. The van der Waals surface area contributed by atoms with E-state index in [-0.39, 0.29) is 12.5 Å². The molecular formula is C11H10BrNO4. The van der Waals surface area contributed by atoms with E-state index in [4.69, 9.17) is 10.2 Å². The topological polar surface area (TPSA) is 77.8 Å². The molecular weight excluding hydrogens is 290 g/mol. The molecule has 6 heteroatoms. The van der Waals surface area contributed by atoms with Gasteiger partial charge >= 0.3 is 5.97 Å². The van der Waals surface area contributed by atoms with Gasteiger partial charge in [0.05, 0.1) is 6.61 Å². The molecule has 0 fully saturated rings. The summed E-state index contributed by atoms with van der Waals surface area (Å²) in [4.78, 5) is 24.1. The number of aliphatic carboxylic acids is 1. The largest absolute Gasteiger partial charge is 0.480 e. The Bertz CT molecular complexity index is 488. The first kappa shape index (κ1) is 12.1. The van der Waals surface area contributed by atoms with Crippen LogP contribution in [0.3, 0.4) is 0 Å². The van der Waals surface area contributed by atoms with Crippen LogP contribution in [0.2, 0.25) is 0 Å². The third kappa shape index (κ3) is 2.05. The van der Waals surface area contributed by atoms with E-state index in [0.29, 0.717) is 5.56 Å². The summed E-state index contributed by atoms with van der Waals surface area (Å²) >= 11 is 3.26. The molecule has 0 bridgehead atoms. The van der Waals surface area contributed by atoms with Crippen LogP contribution in [-0.4, -0.2) is 39.6 Å². The molecule has 0 aliphatic carbocycles. The van der Waals surface area contributed by atoms with Crippen LogP contribution in [0.1, 0.15) is 15.9 Å². The predicted molar refractivity (Wildman–Crippen MR) is 62.5 cm³/mol. The number of hydrogen-bond donors (Lipinski definition) is 2. The van der Waals surface area contributed by atoms with Crippen molar-refractivity contribution in [3.8, 4) is 0 Å². The normalized spacial score (nSPS) is 15.9. The maximum atomic E-state index is 12.0. The number of aliphatic hydroxyl groups is 1. The summed E-state index contributed by atoms with van der Waals surface area (Å²) < 4.78 is 0.766. The smallest absolute Gasteiger partial charge is 0.328 e. The van der Waals surface area contributed by atoms with Crippen molar-refractivity contribution in [1.82, 2.24) is 4.90 Å². The number of rotatable bonds is 3. The summed E-state index contributed by atoms with van der Waals surface area (Å²) in [6.45, 7) is -0.366. The van der Waals surface area contributed by atoms with Gasteiger partial charge in [-0.15, -0.1) is 0 Å². The molecule has 17 heavy (non-hydrogen) atoms. The average Bonchev–Trinajstić information content (AvgIpc) is 2.58. The number of amides is 1. The second kappa shape index (κ2) is 4.46. The highest BCUT2D eigenvalue weighted by molar-refractivity contribution is 9.10. The van der Waals surface area contributed by atoms with E-state index >= 15 is 0 Å². The van der Waals surface area contributed by atoms with Crippen molar-refractivity contribution in [2.24, 2.45) is 0 Å². The Labute approximate surface area is 106 Å². The van der Waals surface area contributed by atoms with Crippen molar-refractivity contribution in [3.05, 3.63) is 33.8 Å². The van der Waals surface area contributed by atoms with E-state index in [1.54, 1.807) is 18.2 Å². The molecule has 5 nitrogen and oxygen atoms in total. The monoisotopic (exact) mass is 299 g/mol. The fourth-order valence-corrected chi connectivity index (χ4v) is 2.22. The standard InChI is InChI=1S/C11H10BrNO4/c12-7-2-1-6-4-13(9(5-14)11(16)17)10(15)8(6)3-7/h1-3,9,14H,4-5H2,(H,16,17). The van der Waals surface area contributed by atoms with Gasteiger partial charge in [0.15, 0.2) is 6.04 Å². The summed E-state index contributed by atoms with van der Waals surface area (Å²) in [7, 11) is 0. The zero-order valence-corrected chi connectivity index (χ0v) is 10.3. The molecule has 0 radical (unpaired) electrons.